The minimum absolute atomic E-state index is 0.194. The smallest absolute Gasteiger partial charge is 0.414 e. The van der Waals surface area contributed by atoms with Gasteiger partial charge >= 0.3 is 6.09 Å². The lowest BCUT2D eigenvalue weighted by atomic mass is 10.0. The molecule has 1 atom stereocenters. The van der Waals surface area contributed by atoms with E-state index in [4.69, 9.17) is 4.74 Å². The molecule has 0 spiro atoms. The van der Waals surface area contributed by atoms with E-state index in [0.29, 0.717) is 11.3 Å². The fourth-order valence-electron chi connectivity index (χ4n) is 4.11. The standard InChI is InChI=1S/C26H28FN3O3S/c1-16-25(34-18(3)29-16)6-4-5-19-7-9-20(10-8-19)23-12-11-21(13-24(23)27)30-15-22(33-26(30)32)14-28-17(2)31/h7-13,22H,4-6,14-15H2,1-3H3,(H,28,31)/t22-/m0/s1. The molecule has 2 aromatic carbocycles. The Bertz CT molecular complexity index is 1190. The van der Waals surface area contributed by atoms with Gasteiger partial charge in [-0.25, -0.2) is 14.2 Å². The molecule has 2 amide bonds. The summed E-state index contributed by atoms with van der Waals surface area (Å²) in [5.74, 6) is -0.597. The van der Waals surface area contributed by atoms with E-state index in [1.54, 1.807) is 23.5 Å². The van der Waals surface area contributed by atoms with Gasteiger partial charge in [0, 0.05) is 17.4 Å². The normalized spacial score (nSPS) is 15.5. The number of nitrogens with one attached hydrogen (secondary N) is 1. The van der Waals surface area contributed by atoms with Crippen LogP contribution in [0.25, 0.3) is 11.1 Å². The monoisotopic (exact) mass is 481 g/mol. The Hall–Kier alpha value is -3.26. The topological polar surface area (TPSA) is 71.5 Å². The zero-order chi connectivity index (χ0) is 24.2. The molecule has 178 valence electrons. The van der Waals surface area contributed by atoms with Gasteiger partial charge in [-0.2, -0.15) is 0 Å². The highest BCUT2D eigenvalue weighted by Crippen LogP contribution is 2.29. The average Bonchev–Trinajstić information content (AvgIpc) is 3.33. The summed E-state index contributed by atoms with van der Waals surface area (Å²) in [5.41, 5.74) is 4.04. The number of aromatic nitrogens is 1. The van der Waals surface area contributed by atoms with Crippen LogP contribution in [0.4, 0.5) is 14.9 Å². The number of anilines is 1. The largest absolute Gasteiger partial charge is 0.442 e. The summed E-state index contributed by atoms with van der Waals surface area (Å²) in [6.07, 6.45) is 2.00. The number of carbonyl (C=O) groups is 2. The Morgan fingerprint density at radius 2 is 1.97 bits per heavy atom. The molecule has 0 saturated carbocycles. The first-order valence-electron chi connectivity index (χ1n) is 11.3. The number of hydrogen-bond acceptors (Lipinski definition) is 5. The molecule has 3 aromatic rings. The summed E-state index contributed by atoms with van der Waals surface area (Å²) in [6.45, 7) is 5.98. The Morgan fingerprint density at radius 1 is 1.21 bits per heavy atom. The zero-order valence-corrected chi connectivity index (χ0v) is 20.4. The highest BCUT2D eigenvalue weighted by atomic mass is 32.1. The van der Waals surface area contributed by atoms with Crippen LogP contribution < -0.4 is 10.2 Å². The minimum atomic E-state index is -0.546. The van der Waals surface area contributed by atoms with Crippen LogP contribution in [0.2, 0.25) is 0 Å². The van der Waals surface area contributed by atoms with Crippen LogP contribution in [0.15, 0.2) is 42.5 Å². The Kier molecular flexibility index (Phi) is 7.26. The molecule has 1 saturated heterocycles. The van der Waals surface area contributed by atoms with Gasteiger partial charge in [0.2, 0.25) is 5.91 Å². The minimum Gasteiger partial charge on any atom is -0.442 e. The van der Waals surface area contributed by atoms with Crippen molar-refractivity contribution in [3.8, 4) is 11.1 Å². The second-order valence-electron chi connectivity index (χ2n) is 8.51. The van der Waals surface area contributed by atoms with Crippen molar-refractivity contribution < 1.29 is 18.7 Å². The lowest BCUT2D eigenvalue weighted by molar-refractivity contribution is -0.119. The third-order valence-electron chi connectivity index (χ3n) is 5.85. The third-order valence-corrected chi connectivity index (χ3v) is 6.98. The van der Waals surface area contributed by atoms with Gasteiger partial charge in [-0.3, -0.25) is 9.69 Å². The number of aryl methyl sites for hydroxylation is 4. The highest BCUT2D eigenvalue weighted by molar-refractivity contribution is 7.11. The Balaban J connectivity index is 1.37. The summed E-state index contributed by atoms with van der Waals surface area (Å²) < 4.78 is 20.2. The lowest BCUT2D eigenvalue weighted by Gasteiger charge is -2.14. The maximum atomic E-state index is 15.0. The summed E-state index contributed by atoms with van der Waals surface area (Å²) >= 11 is 1.76. The fourth-order valence-corrected chi connectivity index (χ4v) is 5.09. The summed E-state index contributed by atoms with van der Waals surface area (Å²) in [4.78, 5) is 30.5. The van der Waals surface area contributed by atoms with Crippen LogP contribution in [0.1, 0.15) is 34.5 Å². The number of halogens is 1. The van der Waals surface area contributed by atoms with Crippen LogP contribution in [0.5, 0.6) is 0 Å². The molecule has 6 nitrogen and oxygen atoms in total. The molecule has 1 aliphatic rings. The van der Waals surface area contributed by atoms with Crippen molar-refractivity contribution >= 4 is 29.0 Å². The number of nitrogens with zero attached hydrogens (tertiary/aromatic N) is 2. The molecular weight excluding hydrogens is 453 g/mol. The molecule has 1 fully saturated rings. The van der Waals surface area contributed by atoms with Gasteiger partial charge in [0.1, 0.15) is 11.9 Å². The zero-order valence-electron chi connectivity index (χ0n) is 19.6. The first-order chi connectivity index (χ1) is 16.3. The second-order valence-corrected chi connectivity index (χ2v) is 9.80. The highest BCUT2D eigenvalue weighted by Gasteiger charge is 2.32. The molecule has 1 aromatic heterocycles. The van der Waals surface area contributed by atoms with Gasteiger partial charge in [-0.15, -0.1) is 11.3 Å². The third kappa shape index (κ3) is 5.62. The van der Waals surface area contributed by atoms with E-state index in [-0.39, 0.29) is 19.0 Å². The first-order valence-corrected chi connectivity index (χ1v) is 12.2. The van der Waals surface area contributed by atoms with Crippen LogP contribution in [0, 0.1) is 19.7 Å². The van der Waals surface area contributed by atoms with Crippen molar-refractivity contribution in [1.82, 2.24) is 10.3 Å². The first kappa shape index (κ1) is 23.9. The molecule has 0 aliphatic carbocycles. The van der Waals surface area contributed by atoms with Gasteiger partial charge < -0.3 is 10.1 Å². The molecule has 8 heteroatoms. The average molecular weight is 482 g/mol. The molecule has 1 N–H and O–H groups in total. The van der Waals surface area contributed by atoms with Crippen molar-refractivity contribution in [2.75, 3.05) is 18.0 Å². The van der Waals surface area contributed by atoms with Gasteiger partial charge in [0.05, 0.1) is 29.5 Å². The summed E-state index contributed by atoms with van der Waals surface area (Å²) in [5, 5.41) is 3.74. The van der Waals surface area contributed by atoms with Crippen LogP contribution in [0.3, 0.4) is 0 Å². The number of carbonyl (C=O) groups excluding carboxylic acids is 2. The molecule has 0 radical (unpaired) electrons. The second kappa shape index (κ2) is 10.3. The summed E-state index contributed by atoms with van der Waals surface area (Å²) in [7, 11) is 0. The number of thiazole rings is 1. The van der Waals surface area contributed by atoms with E-state index in [0.717, 1.165) is 35.5 Å². The molecule has 0 unspecified atom stereocenters. The van der Waals surface area contributed by atoms with Crippen LogP contribution >= 0.6 is 11.3 Å². The van der Waals surface area contributed by atoms with E-state index < -0.39 is 18.0 Å². The maximum Gasteiger partial charge on any atom is 0.414 e. The molecule has 34 heavy (non-hydrogen) atoms. The van der Waals surface area contributed by atoms with Crippen LogP contribution in [-0.2, 0) is 22.4 Å². The van der Waals surface area contributed by atoms with E-state index in [2.05, 4.69) is 17.2 Å². The van der Waals surface area contributed by atoms with Crippen molar-refractivity contribution in [2.45, 2.75) is 46.1 Å². The van der Waals surface area contributed by atoms with Gasteiger partial charge in [0.25, 0.3) is 0 Å². The molecule has 0 bridgehead atoms. The quantitative estimate of drug-likeness (QED) is 0.480. The number of hydrogen-bond donors (Lipinski definition) is 1. The predicted octanol–water partition coefficient (Wildman–Crippen LogP) is 5.20. The van der Waals surface area contributed by atoms with Crippen molar-refractivity contribution in [2.24, 2.45) is 0 Å². The van der Waals surface area contributed by atoms with Gasteiger partial charge in [-0.1, -0.05) is 24.3 Å². The summed E-state index contributed by atoms with van der Waals surface area (Å²) in [6, 6.07) is 12.7. The van der Waals surface area contributed by atoms with E-state index in [9.17, 15) is 14.0 Å². The van der Waals surface area contributed by atoms with Crippen molar-refractivity contribution in [1.29, 1.82) is 0 Å². The van der Waals surface area contributed by atoms with E-state index in [1.165, 1.54) is 28.3 Å². The molecule has 2 heterocycles. The maximum absolute atomic E-state index is 15.0. The van der Waals surface area contributed by atoms with Gasteiger partial charge in [-0.05, 0) is 62.4 Å². The number of cyclic esters (lactones) is 1. The van der Waals surface area contributed by atoms with Crippen molar-refractivity contribution in [3.63, 3.8) is 0 Å². The fraction of sp³-hybridized carbons (Fsp3) is 0.346. The Morgan fingerprint density at radius 3 is 2.62 bits per heavy atom. The number of amides is 2. The molecule has 1 aliphatic heterocycles. The molecular formula is C26H28FN3O3S. The SMILES string of the molecule is CC(=O)NC[C@H]1CN(c2ccc(-c3ccc(CCCc4sc(C)nc4C)cc3)c(F)c2)C(=O)O1. The van der Waals surface area contributed by atoms with Crippen molar-refractivity contribution in [3.05, 3.63) is 69.4 Å². The molecule has 4 rings (SSSR count). The predicted molar refractivity (Wildman–Crippen MR) is 132 cm³/mol. The van der Waals surface area contributed by atoms with Crippen LogP contribution in [-0.4, -0.2) is 36.2 Å². The Labute approximate surface area is 202 Å². The number of rotatable bonds is 8. The lowest BCUT2D eigenvalue weighted by Crippen LogP contribution is -2.33. The van der Waals surface area contributed by atoms with Gasteiger partial charge in [0.15, 0.2) is 0 Å². The van der Waals surface area contributed by atoms with E-state index >= 15 is 0 Å². The van der Waals surface area contributed by atoms with E-state index in [1.807, 2.05) is 31.2 Å². The number of benzene rings is 2. The number of ether oxygens (including phenoxy) is 1.